The number of amides is 1. The lowest BCUT2D eigenvalue weighted by Gasteiger charge is -2.36. The minimum absolute atomic E-state index is 0.0928. The highest BCUT2D eigenvalue weighted by atomic mass is 19.1. The number of hydrogen-bond donors (Lipinski definition) is 1. The summed E-state index contributed by atoms with van der Waals surface area (Å²) < 4.78 is 31.3. The third-order valence-electron chi connectivity index (χ3n) is 3.80. The van der Waals surface area contributed by atoms with E-state index in [-0.39, 0.29) is 18.3 Å². The van der Waals surface area contributed by atoms with Crippen molar-refractivity contribution in [3.63, 3.8) is 0 Å². The van der Waals surface area contributed by atoms with E-state index in [1.54, 1.807) is 0 Å². The van der Waals surface area contributed by atoms with Crippen LogP contribution < -0.4 is 4.74 Å². The Bertz CT molecular complexity index is 579. The predicted octanol–water partition coefficient (Wildman–Crippen LogP) is 2.06. The summed E-state index contributed by atoms with van der Waals surface area (Å²) in [6, 6.07) is 2.72. The largest absolute Gasteiger partial charge is 0.481 e. The molecule has 0 aromatic heterocycles. The molecule has 120 valence electrons. The Morgan fingerprint density at radius 2 is 2.09 bits per heavy atom. The summed E-state index contributed by atoms with van der Waals surface area (Å²) in [7, 11) is 0. The van der Waals surface area contributed by atoms with Crippen LogP contribution in [0.2, 0.25) is 0 Å². The fourth-order valence-corrected chi connectivity index (χ4v) is 2.47. The first-order valence-corrected chi connectivity index (χ1v) is 6.98. The third kappa shape index (κ3) is 3.72. The number of hydrogen-bond acceptors (Lipinski definition) is 3. The highest BCUT2D eigenvalue weighted by Gasteiger charge is 2.32. The molecule has 1 aliphatic rings. The SMILES string of the molecule is CC1CCC(C(=O)O)CN1C(=O)COc1ccc(F)cc1F. The molecule has 2 unspecified atom stereocenters. The Hall–Kier alpha value is -2.18. The van der Waals surface area contributed by atoms with Crippen LogP contribution in [0.1, 0.15) is 19.8 Å². The minimum Gasteiger partial charge on any atom is -0.481 e. The molecule has 1 fully saturated rings. The lowest BCUT2D eigenvalue weighted by Crippen LogP contribution is -2.49. The third-order valence-corrected chi connectivity index (χ3v) is 3.80. The maximum absolute atomic E-state index is 13.4. The maximum Gasteiger partial charge on any atom is 0.308 e. The van der Waals surface area contributed by atoms with Crippen LogP contribution in [0.4, 0.5) is 8.78 Å². The van der Waals surface area contributed by atoms with Gasteiger partial charge in [0.2, 0.25) is 0 Å². The number of nitrogens with zero attached hydrogens (tertiary/aromatic N) is 1. The van der Waals surface area contributed by atoms with Crippen molar-refractivity contribution in [1.29, 1.82) is 0 Å². The smallest absolute Gasteiger partial charge is 0.308 e. The Balaban J connectivity index is 1.97. The molecule has 0 radical (unpaired) electrons. The molecule has 1 amide bonds. The van der Waals surface area contributed by atoms with Gasteiger partial charge in [-0.05, 0) is 31.9 Å². The van der Waals surface area contributed by atoms with Gasteiger partial charge in [0.05, 0.1) is 5.92 Å². The van der Waals surface area contributed by atoms with Crippen molar-refractivity contribution in [2.75, 3.05) is 13.2 Å². The van der Waals surface area contributed by atoms with E-state index in [4.69, 9.17) is 9.84 Å². The quantitative estimate of drug-likeness (QED) is 0.924. The summed E-state index contributed by atoms with van der Waals surface area (Å²) in [5, 5.41) is 9.04. The summed E-state index contributed by atoms with van der Waals surface area (Å²) in [5.41, 5.74) is 0. The number of carboxylic acids is 1. The molecule has 22 heavy (non-hydrogen) atoms. The second kappa shape index (κ2) is 6.72. The molecule has 1 aromatic carbocycles. The van der Waals surface area contributed by atoms with Gasteiger partial charge in [-0.2, -0.15) is 0 Å². The topological polar surface area (TPSA) is 66.8 Å². The van der Waals surface area contributed by atoms with Crippen molar-refractivity contribution < 1.29 is 28.2 Å². The van der Waals surface area contributed by atoms with Crippen LogP contribution in [0, 0.1) is 17.6 Å². The summed E-state index contributed by atoms with van der Waals surface area (Å²) >= 11 is 0. The average Bonchev–Trinajstić information content (AvgIpc) is 2.46. The molecule has 1 N–H and O–H groups in total. The summed E-state index contributed by atoms with van der Waals surface area (Å²) in [5.74, 6) is -3.78. The fourth-order valence-electron chi connectivity index (χ4n) is 2.47. The van der Waals surface area contributed by atoms with Crippen LogP contribution in [0.5, 0.6) is 5.75 Å². The number of carbonyl (C=O) groups excluding carboxylic acids is 1. The van der Waals surface area contributed by atoms with Crippen LogP contribution in [-0.2, 0) is 9.59 Å². The molecule has 7 heteroatoms. The van der Waals surface area contributed by atoms with Gasteiger partial charge in [0, 0.05) is 18.7 Å². The van der Waals surface area contributed by atoms with Gasteiger partial charge < -0.3 is 14.7 Å². The maximum atomic E-state index is 13.4. The van der Waals surface area contributed by atoms with E-state index in [0.717, 1.165) is 12.1 Å². The van der Waals surface area contributed by atoms with E-state index in [1.807, 2.05) is 6.92 Å². The van der Waals surface area contributed by atoms with Gasteiger partial charge in [-0.1, -0.05) is 0 Å². The molecule has 1 saturated heterocycles. The molecule has 1 aromatic rings. The first-order valence-electron chi connectivity index (χ1n) is 6.98. The summed E-state index contributed by atoms with van der Waals surface area (Å²) in [6.45, 7) is 1.53. The highest BCUT2D eigenvalue weighted by molar-refractivity contribution is 5.79. The summed E-state index contributed by atoms with van der Waals surface area (Å²) in [4.78, 5) is 24.6. The zero-order valence-corrected chi connectivity index (χ0v) is 12.1. The van der Waals surface area contributed by atoms with Crippen LogP contribution >= 0.6 is 0 Å². The zero-order valence-electron chi connectivity index (χ0n) is 12.1. The van der Waals surface area contributed by atoms with E-state index < -0.39 is 36.0 Å². The monoisotopic (exact) mass is 313 g/mol. The molecule has 0 bridgehead atoms. The molecule has 2 atom stereocenters. The van der Waals surface area contributed by atoms with E-state index >= 15 is 0 Å². The zero-order chi connectivity index (χ0) is 16.3. The predicted molar refractivity (Wildman–Crippen MR) is 73.4 cm³/mol. The molecular formula is C15H17F2NO4. The van der Waals surface area contributed by atoms with Crippen molar-refractivity contribution >= 4 is 11.9 Å². The molecule has 5 nitrogen and oxygen atoms in total. The summed E-state index contributed by atoms with van der Waals surface area (Å²) in [6.07, 6.45) is 1.11. The minimum atomic E-state index is -0.935. The molecular weight excluding hydrogens is 296 g/mol. The van der Waals surface area contributed by atoms with Gasteiger partial charge in [-0.3, -0.25) is 9.59 Å². The van der Waals surface area contributed by atoms with Crippen LogP contribution in [0.3, 0.4) is 0 Å². The van der Waals surface area contributed by atoms with Crippen molar-refractivity contribution in [3.8, 4) is 5.75 Å². The Kier molecular flexibility index (Phi) is 4.95. The van der Waals surface area contributed by atoms with Crippen LogP contribution in [0.15, 0.2) is 18.2 Å². The van der Waals surface area contributed by atoms with Gasteiger partial charge >= 0.3 is 5.97 Å². The lowest BCUT2D eigenvalue weighted by molar-refractivity contribution is -0.147. The van der Waals surface area contributed by atoms with Crippen LogP contribution in [0.25, 0.3) is 0 Å². The van der Waals surface area contributed by atoms with Crippen molar-refractivity contribution in [2.24, 2.45) is 5.92 Å². The lowest BCUT2D eigenvalue weighted by atomic mass is 9.93. The molecule has 1 heterocycles. The molecule has 0 spiro atoms. The Morgan fingerprint density at radius 3 is 2.73 bits per heavy atom. The second-order valence-electron chi connectivity index (χ2n) is 5.37. The number of piperidine rings is 1. The number of rotatable bonds is 4. The van der Waals surface area contributed by atoms with Gasteiger partial charge in [0.15, 0.2) is 18.2 Å². The van der Waals surface area contributed by atoms with Gasteiger partial charge in [-0.15, -0.1) is 0 Å². The number of carboxylic acid groups (broad SMARTS) is 1. The number of ether oxygens (including phenoxy) is 1. The van der Waals surface area contributed by atoms with Gasteiger partial charge in [0.25, 0.3) is 5.91 Å². The highest BCUT2D eigenvalue weighted by Crippen LogP contribution is 2.23. The molecule has 2 rings (SSSR count). The Morgan fingerprint density at radius 1 is 1.36 bits per heavy atom. The van der Waals surface area contributed by atoms with E-state index in [2.05, 4.69) is 0 Å². The number of aliphatic carboxylic acids is 1. The normalized spacial score (nSPS) is 21.5. The second-order valence-corrected chi connectivity index (χ2v) is 5.37. The molecule has 1 aliphatic heterocycles. The number of halogens is 2. The first-order chi connectivity index (χ1) is 10.4. The number of carbonyl (C=O) groups is 2. The van der Waals surface area contributed by atoms with E-state index in [0.29, 0.717) is 18.9 Å². The van der Waals surface area contributed by atoms with E-state index in [1.165, 1.54) is 4.90 Å². The molecule has 0 aliphatic carbocycles. The fraction of sp³-hybridized carbons (Fsp3) is 0.467. The van der Waals surface area contributed by atoms with Crippen molar-refractivity contribution in [3.05, 3.63) is 29.8 Å². The van der Waals surface area contributed by atoms with Crippen LogP contribution in [-0.4, -0.2) is 41.1 Å². The number of likely N-dealkylation sites (tertiary alicyclic amines) is 1. The first kappa shape index (κ1) is 16.2. The number of benzene rings is 1. The van der Waals surface area contributed by atoms with Gasteiger partial charge in [0.1, 0.15) is 5.82 Å². The Labute approximate surface area is 126 Å². The van der Waals surface area contributed by atoms with E-state index in [9.17, 15) is 18.4 Å². The van der Waals surface area contributed by atoms with Crippen molar-refractivity contribution in [1.82, 2.24) is 4.90 Å². The standard InChI is InChI=1S/C15H17F2NO4/c1-9-2-3-10(15(20)21)7-18(9)14(19)8-22-13-5-4-11(16)6-12(13)17/h4-6,9-10H,2-3,7-8H2,1H3,(H,20,21). The van der Waals surface area contributed by atoms with Crippen molar-refractivity contribution in [2.45, 2.75) is 25.8 Å². The average molecular weight is 313 g/mol. The van der Waals surface area contributed by atoms with Gasteiger partial charge in [-0.25, -0.2) is 8.78 Å². The molecule has 0 saturated carbocycles.